The molecule has 0 spiro atoms. The van der Waals surface area contributed by atoms with E-state index in [1.54, 1.807) is 0 Å². The van der Waals surface area contributed by atoms with E-state index in [1.165, 1.54) is 42.4 Å². The molecule has 0 amide bonds. The van der Waals surface area contributed by atoms with Crippen LogP contribution in [-0.4, -0.2) is 30.1 Å². The fourth-order valence-electron chi connectivity index (χ4n) is 4.53. The second kappa shape index (κ2) is 6.07. The lowest BCUT2D eigenvalue weighted by atomic mass is 9.81. The Morgan fingerprint density at radius 3 is 2.29 bits per heavy atom. The quantitative estimate of drug-likeness (QED) is 0.660. The number of hydrogen-bond acceptors (Lipinski definition) is 3. The Morgan fingerprint density at radius 1 is 1.19 bits per heavy atom. The fraction of sp³-hybridized carbons (Fsp3) is 0.667. The van der Waals surface area contributed by atoms with Gasteiger partial charge in [0.15, 0.2) is 0 Å². The maximum absolute atomic E-state index is 5.93. The highest BCUT2D eigenvalue weighted by Gasteiger charge is 2.40. The Hall–Kier alpha value is -0.900. The van der Waals surface area contributed by atoms with Gasteiger partial charge in [-0.3, -0.25) is 11.3 Å². The summed E-state index contributed by atoms with van der Waals surface area (Å²) in [5.74, 6) is 6.64. The molecular formula is C18H29N3. The molecular weight excluding hydrogens is 258 g/mol. The van der Waals surface area contributed by atoms with E-state index in [9.17, 15) is 0 Å². The molecule has 2 saturated heterocycles. The van der Waals surface area contributed by atoms with Gasteiger partial charge in [-0.2, -0.15) is 0 Å². The van der Waals surface area contributed by atoms with Crippen LogP contribution in [0.5, 0.6) is 0 Å². The highest BCUT2D eigenvalue weighted by molar-refractivity contribution is 5.34. The molecule has 0 radical (unpaired) electrons. The van der Waals surface area contributed by atoms with Crippen LogP contribution in [0.2, 0.25) is 0 Å². The topological polar surface area (TPSA) is 41.3 Å². The van der Waals surface area contributed by atoms with Gasteiger partial charge in [-0.25, -0.2) is 0 Å². The molecule has 3 nitrogen and oxygen atoms in total. The van der Waals surface area contributed by atoms with E-state index in [0.29, 0.717) is 12.0 Å². The standard InChI is InChI=1S/C18H29N3/c1-12-5-4-6-13(2)17(12)11-18(20-19)14-9-15-7-8-16(10-14)21(15)3/h4-6,14-16,18,20H,7-11,19H2,1-3H3. The van der Waals surface area contributed by atoms with Gasteiger partial charge < -0.3 is 4.90 Å². The minimum absolute atomic E-state index is 0.404. The number of hydrogen-bond donors (Lipinski definition) is 2. The van der Waals surface area contributed by atoms with E-state index in [-0.39, 0.29) is 0 Å². The predicted octanol–water partition coefficient (Wildman–Crippen LogP) is 2.55. The number of aryl methyl sites for hydroxylation is 2. The number of hydrazine groups is 1. The van der Waals surface area contributed by atoms with Crippen LogP contribution in [0.3, 0.4) is 0 Å². The van der Waals surface area contributed by atoms with Crippen molar-refractivity contribution in [1.82, 2.24) is 10.3 Å². The maximum Gasteiger partial charge on any atom is 0.0280 e. The van der Waals surface area contributed by atoms with Crippen molar-refractivity contribution in [2.75, 3.05) is 7.05 Å². The van der Waals surface area contributed by atoms with Crippen molar-refractivity contribution >= 4 is 0 Å². The first kappa shape index (κ1) is 15.0. The third kappa shape index (κ3) is 2.87. The summed E-state index contributed by atoms with van der Waals surface area (Å²) in [4.78, 5) is 2.60. The molecule has 2 aliphatic rings. The highest BCUT2D eigenvalue weighted by Crippen LogP contribution is 2.39. The third-order valence-corrected chi connectivity index (χ3v) is 5.99. The molecule has 3 N–H and O–H groups in total. The Bertz CT molecular complexity index is 465. The zero-order chi connectivity index (χ0) is 15.0. The SMILES string of the molecule is Cc1cccc(C)c1CC(NN)C1CC2CCC(C1)N2C. The Morgan fingerprint density at radius 2 is 1.76 bits per heavy atom. The predicted molar refractivity (Wildman–Crippen MR) is 88.0 cm³/mol. The zero-order valence-electron chi connectivity index (χ0n) is 13.6. The molecule has 0 aromatic heterocycles. The number of piperidine rings is 1. The van der Waals surface area contributed by atoms with Crippen LogP contribution in [0.4, 0.5) is 0 Å². The molecule has 3 heteroatoms. The van der Waals surface area contributed by atoms with E-state index < -0.39 is 0 Å². The zero-order valence-corrected chi connectivity index (χ0v) is 13.6. The lowest BCUT2D eigenvalue weighted by molar-refractivity contribution is 0.112. The first-order valence-electron chi connectivity index (χ1n) is 8.33. The maximum atomic E-state index is 5.93. The van der Waals surface area contributed by atoms with Gasteiger partial charge in [0.05, 0.1) is 0 Å². The van der Waals surface area contributed by atoms with Crippen molar-refractivity contribution in [1.29, 1.82) is 0 Å². The highest BCUT2D eigenvalue weighted by atomic mass is 15.2. The molecule has 2 bridgehead atoms. The van der Waals surface area contributed by atoms with Crippen molar-refractivity contribution in [3.05, 3.63) is 34.9 Å². The average molecular weight is 287 g/mol. The number of nitrogens with two attached hydrogens (primary N) is 1. The van der Waals surface area contributed by atoms with Crippen LogP contribution in [0.15, 0.2) is 18.2 Å². The first-order chi connectivity index (χ1) is 10.1. The van der Waals surface area contributed by atoms with Gasteiger partial charge in [-0.1, -0.05) is 18.2 Å². The molecule has 1 aromatic carbocycles. The van der Waals surface area contributed by atoms with Crippen LogP contribution in [0, 0.1) is 19.8 Å². The molecule has 3 rings (SSSR count). The van der Waals surface area contributed by atoms with Crippen molar-refractivity contribution in [3.63, 3.8) is 0 Å². The van der Waals surface area contributed by atoms with Gasteiger partial charge in [-0.15, -0.1) is 0 Å². The van der Waals surface area contributed by atoms with Crippen LogP contribution in [-0.2, 0) is 6.42 Å². The summed E-state index contributed by atoms with van der Waals surface area (Å²) in [5.41, 5.74) is 7.41. The lowest BCUT2D eigenvalue weighted by Gasteiger charge is -2.40. The van der Waals surface area contributed by atoms with Gasteiger partial charge in [0.25, 0.3) is 0 Å². The Balaban J connectivity index is 1.74. The summed E-state index contributed by atoms with van der Waals surface area (Å²) in [6, 6.07) is 8.55. The summed E-state index contributed by atoms with van der Waals surface area (Å²) in [6.45, 7) is 4.43. The van der Waals surface area contributed by atoms with Crippen molar-refractivity contribution in [2.45, 2.75) is 64.1 Å². The van der Waals surface area contributed by atoms with Crippen molar-refractivity contribution in [2.24, 2.45) is 11.8 Å². The van der Waals surface area contributed by atoms with Crippen LogP contribution < -0.4 is 11.3 Å². The minimum atomic E-state index is 0.404. The third-order valence-electron chi connectivity index (χ3n) is 5.99. The molecule has 2 aliphatic heterocycles. The van der Waals surface area contributed by atoms with Gasteiger partial charge in [0.2, 0.25) is 0 Å². The number of nitrogens with zero attached hydrogens (tertiary/aromatic N) is 1. The van der Waals surface area contributed by atoms with E-state index in [1.807, 2.05) is 0 Å². The monoisotopic (exact) mass is 287 g/mol. The second-order valence-electron chi connectivity index (χ2n) is 7.13. The van der Waals surface area contributed by atoms with Gasteiger partial charge in [-0.05, 0) is 75.6 Å². The summed E-state index contributed by atoms with van der Waals surface area (Å²) in [5, 5.41) is 0. The molecule has 2 heterocycles. The van der Waals surface area contributed by atoms with Crippen molar-refractivity contribution in [3.8, 4) is 0 Å². The molecule has 0 aliphatic carbocycles. The van der Waals surface area contributed by atoms with Crippen molar-refractivity contribution < 1.29 is 0 Å². The molecule has 116 valence electrons. The Kier molecular flexibility index (Phi) is 4.34. The number of nitrogens with one attached hydrogen (secondary N) is 1. The van der Waals surface area contributed by atoms with Crippen LogP contribution in [0.1, 0.15) is 42.4 Å². The fourth-order valence-corrected chi connectivity index (χ4v) is 4.53. The van der Waals surface area contributed by atoms with Gasteiger partial charge >= 0.3 is 0 Å². The van der Waals surface area contributed by atoms with E-state index in [0.717, 1.165) is 18.5 Å². The molecule has 2 fully saturated rings. The summed E-state index contributed by atoms with van der Waals surface area (Å²) in [7, 11) is 2.30. The van der Waals surface area contributed by atoms with Gasteiger partial charge in [0.1, 0.15) is 0 Å². The number of fused-ring (bicyclic) bond motifs is 2. The largest absolute Gasteiger partial charge is 0.300 e. The number of benzene rings is 1. The molecule has 3 atom stereocenters. The normalized spacial score (nSPS) is 30.6. The van der Waals surface area contributed by atoms with Crippen LogP contribution in [0.25, 0.3) is 0 Å². The summed E-state index contributed by atoms with van der Waals surface area (Å²) >= 11 is 0. The average Bonchev–Trinajstić information content (AvgIpc) is 2.69. The molecule has 3 unspecified atom stereocenters. The smallest absolute Gasteiger partial charge is 0.0280 e. The minimum Gasteiger partial charge on any atom is -0.300 e. The molecule has 0 saturated carbocycles. The van der Waals surface area contributed by atoms with Gasteiger partial charge in [0, 0.05) is 18.1 Å². The van der Waals surface area contributed by atoms with E-state index in [4.69, 9.17) is 5.84 Å². The molecule has 1 aromatic rings. The van der Waals surface area contributed by atoms with E-state index in [2.05, 4.69) is 49.4 Å². The second-order valence-corrected chi connectivity index (χ2v) is 7.13. The lowest BCUT2D eigenvalue weighted by Crippen LogP contribution is -2.49. The first-order valence-corrected chi connectivity index (χ1v) is 8.33. The number of rotatable bonds is 4. The summed E-state index contributed by atoms with van der Waals surface area (Å²) < 4.78 is 0. The van der Waals surface area contributed by atoms with Crippen LogP contribution >= 0.6 is 0 Å². The summed E-state index contributed by atoms with van der Waals surface area (Å²) in [6.07, 6.45) is 6.40. The molecule has 21 heavy (non-hydrogen) atoms. The Labute approximate surface area is 128 Å². The van der Waals surface area contributed by atoms with E-state index >= 15 is 0 Å².